The molecule has 5 rings (SSSR count). The van der Waals surface area contributed by atoms with Crippen molar-refractivity contribution in [1.29, 1.82) is 0 Å². The Balaban J connectivity index is 1.54. The zero-order valence-electron chi connectivity index (χ0n) is 16.4. The molecule has 0 spiro atoms. The van der Waals surface area contributed by atoms with Crippen molar-refractivity contribution in [2.24, 2.45) is 0 Å². The number of rotatable bonds is 4. The summed E-state index contributed by atoms with van der Waals surface area (Å²) in [5, 5.41) is 1.20. The van der Waals surface area contributed by atoms with Gasteiger partial charge in [-0.05, 0) is 35.4 Å². The van der Waals surface area contributed by atoms with E-state index in [1.165, 1.54) is 16.5 Å². The van der Waals surface area contributed by atoms with Crippen LogP contribution < -0.4 is 9.47 Å². The molecule has 3 heterocycles. The van der Waals surface area contributed by atoms with Crippen LogP contribution in [0.5, 0.6) is 11.5 Å². The molecule has 0 saturated heterocycles. The Morgan fingerprint density at radius 2 is 2.10 bits per heavy atom. The molecule has 1 aliphatic rings. The fourth-order valence-corrected chi connectivity index (χ4v) is 4.04. The highest BCUT2D eigenvalue weighted by Gasteiger charge is 2.21. The van der Waals surface area contributed by atoms with Crippen molar-refractivity contribution in [3.8, 4) is 22.6 Å². The van der Waals surface area contributed by atoms with Gasteiger partial charge in [0.15, 0.2) is 11.5 Å². The van der Waals surface area contributed by atoms with Crippen LogP contribution in [0.3, 0.4) is 0 Å². The van der Waals surface area contributed by atoms with Gasteiger partial charge in [0.25, 0.3) is 0 Å². The molecule has 5 nitrogen and oxygen atoms in total. The molecular weight excluding hydrogens is 362 g/mol. The van der Waals surface area contributed by atoms with E-state index in [2.05, 4.69) is 57.5 Å². The van der Waals surface area contributed by atoms with Crippen LogP contribution in [0.2, 0.25) is 0 Å². The van der Waals surface area contributed by atoms with Crippen molar-refractivity contribution in [2.45, 2.75) is 13.1 Å². The van der Waals surface area contributed by atoms with Gasteiger partial charge in [-0.25, -0.2) is 0 Å². The Kier molecular flexibility index (Phi) is 4.66. The largest absolute Gasteiger partial charge is 0.493 e. The molecule has 0 fully saturated rings. The van der Waals surface area contributed by atoms with Crippen LogP contribution in [0.4, 0.5) is 0 Å². The molecule has 0 radical (unpaired) electrons. The SMILES string of the molecule is COc1cc(-c2c[nH]c3ccccc23)cc2c1OCCN(Cc1cccnc1)C2. The minimum Gasteiger partial charge on any atom is -0.493 e. The number of methoxy groups -OCH3 is 1. The highest BCUT2D eigenvalue weighted by atomic mass is 16.5. The first-order valence-corrected chi connectivity index (χ1v) is 9.83. The van der Waals surface area contributed by atoms with E-state index in [1.807, 2.05) is 24.5 Å². The summed E-state index contributed by atoms with van der Waals surface area (Å²) in [5.41, 5.74) is 5.78. The second-order valence-electron chi connectivity index (χ2n) is 7.34. The summed E-state index contributed by atoms with van der Waals surface area (Å²) in [6.45, 7) is 3.14. The number of nitrogens with one attached hydrogen (secondary N) is 1. The minimum absolute atomic E-state index is 0.635. The number of hydrogen-bond donors (Lipinski definition) is 1. The summed E-state index contributed by atoms with van der Waals surface area (Å²) >= 11 is 0. The number of aromatic amines is 1. The van der Waals surface area contributed by atoms with Crippen molar-refractivity contribution in [2.75, 3.05) is 20.3 Å². The summed E-state index contributed by atoms with van der Waals surface area (Å²) in [5.74, 6) is 1.63. The predicted molar refractivity (Wildman–Crippen MR) is 114 cm³/mol. The Morgan fingerprint density at radius 3 is 2.97 bits per heavy atom. The van der Waals surface area contributed by atoms with Gasteiger partial charge in [-0.3, -0.25) is 9.88 Å². The predicted octanol–water partition coefficient (Wildman–Crippen LogP) is 4.63. The normalized spacial score (nSPS) is 14.2. The van der Waals surface area contributed by atoms with Crippen LogP contribution in [0.15, 0.2) is 67.1 Å². The molecule has 0 atom stereocenters. The molecule has 2 aromatic heterocycles. The number of para-hydroxylation sites is 1. The van der Waals surface area contributed by atoms with Crippen LogP contribution in [0.1, 0.15) is 11.1 Å². The lowest BCUT2D eigenvalue weighted by Gasteiger charge is -2.19. The van der Waals surface area contributed by atoms with Gasteiger partial charge in [0.05, 0.1) is 7.11 Å². The molecular formula is C24H23N3O2. The maximum atomic E-state index is 6.11. The van der Waals surface area contributed by atoms with Gasteiger partial charge in [-0.1, -0.05) is 24.3 Å². The highest BCUT2D eigenvalue weighted by molar-refractivity contribution is 5.96. The molecule has 146 valence electrons. The number of pyridine rings is 1. The zero-order chi connectivity index (χ0) is 19.6. The van der Waals surface area contributed by atoms with Crippen LogP contribution in [0.25, 0.3) is 22.0 Å². The van der Waals surface area contributed by atoms with E-state index in [0.29, 0.717) is 6.61 Å². The number of benzene rings is 2. The third-order valence-corrected chi connectivity index (χ3v) is 5.43. The molecule has 2 aromatic carbocycles. The molecule has 0 amide bonds. The number of ether oxygens (including phenoxy) is 2. The van der Waals surface area contributed by atoms with Gasteiger partial charge < -0.3 is 14.5 Å². The zero-order valence-corrected chi connectivity index (χ0v) is 16.4. The minimum atomic E-state index is 0.635. The molecule has 0 bridgehead atoms. The van der Waals surface area contributed by atoms with Crippen LogP contribution in [0, 0.1) is 0 Å². The average molecular weight is 385 g/mol. The first-order valence-electron chi connectivity index (χ1n) is 9.83. The summed E-state index contributed by atoms with van der Waals surface area (Å²) in [6.07, 6.45) is 5.80. The molecule has 0 aliphatic carbocycles. The Hall–Kier alpha value is -3.31. The van der Waals surface area contributed by atoms with Crippen molar-refractivity contribution in [3.63, 3.8) is 0 Å². The number of hydrogen-bond acceptors (Lipinski definition) is 4. The van der Waals surface area contributed by atoms with Crippen molar-refractivity contribution in [3.05, 3.63) is 78.2 Å². The third kappa shape index (κ3) is 3.45. The van der Waals surface area contributed by atoms with E-state index < -0.39 is 0 Å². The smallest absolute Gasteiger partial charge is 0.165 e. The lowest BCUT2D eigenvalue weighted by molar-refractivity contribution is 0.216. The maximum Gasteiger partial charge on any atom is 0.165 e. The van der Waals surface area contributed by atoms with E-state index in [4.69, 9.17) is 9.47 Å². The number of aromatic nitrogens is 2. The summed E-state index contributed by atoms with van der Waals surface area (Å²) in [4.78, 5) is 10.00. The molecule has 29 heavy (non-hydrogen) atoms. The molecule has 4 aromatic rings. The number of fused-ring (bicyclic) bond motifs is 2. The van der Waals surface area contributed by atoms with E-state index in [9.17, 15) is 0 Å². The van der Waals surface area contributed by atoms with Gasteiger partial charge in [-0.15, -0.1) is 0 Å². The van der Waals surface area contributed by atoms with Crippen LogP contribution in [-0.4, -0.2) is 35.1 Å². The molecule has 5 heteroatoms. The monoisotopic (exact) mass is 385 g/mol. The third-order valence-electron chi connectivity index (χ3n) is 5.43. The van der Waals surface area contributed by atoms with Crippen LogP contribution >= 0.6 is 0 Å². The second-order valence-corrected chi connectivity index (χ2v) is 7.34. The molecule has 1 aliphatic heterocycles. The fraction of sp³-hybridized carbons (Fsp3) is 0.208. The van der Waals surface area contributed by atoms with E-state index in [-0.39, 0.29) is 0 Å². The topological polar surface area (TPSA) is 50.4 Å². The van der Waals surface area contributed by atoms with E-state index in [0.717, 1.165) is 47.8 Å². The summed E-state index contributed by atoms with van der Waals surface area (Å²) < 4.78 is 11.8. The molecule has 0 saturated carbocycles. The molecule has 1 N–H and O–H groups in total. The number of H-pyrrole nitrogens is 1. The van der Waals surface area contributed by atoms with Crippen LogP contribution in [-0.2, 0) is 13.1 Å². The second kappa shape index (κ2) is 7.60. The quantitative estimate of drug-likeness (QED) is 0.556. The first-order chi connectivity index (χ1) is 14.3. The molecule has 0 unspecified atom stereocenters. The fourth-order valence-electron chi connectivity index (χ4n) is 4.04. The number of nitrogens with zero attached hydrogens (tertiary/aromatic N) is 2. The standard InChI is InChI=1S/C24H23N3O2/c1-28-23-12-18(21-14-26-22-7-3-2-6-20(21)22)11-19-16-27(9-10-29-24(19)23)15-17-5-4-8-25-13-17/h2-8,11-14,26H,9-10,15-16H2,1H3. The maximum absolute atomic E-state index is 6.11. The Bertz CT molecular complexity index is 1140. The van der Waals surface area contributed by atoms with Gasteiger partial charge in [0.1, 0.15) is 6.61 Å². The Morgan fingerprint density at radius 1 is 1.17 bits per heavy atom. The average Bonchev–Trinajstić information content (AvgIpc) is 3.08. The van der Waals surface area contributed by atoms with E-state index >= 15 is 0 Å². The van der Waals surface area contributed by atoms with Gasteiger partial charge in [0, 0.05) is 60.3 Å². The summed E-state index contributed by atoms with van der Waals surface area (Å²) in [7, 11) is 1.70. The van der Waals surface area contributed by atoms with E-state index in [1.54, 1.807) is 7.11 Å². The summed E-state index contributed by atoms with van der Waals surface area (Å²) in [6, 6.07) is 16.8. The Labute approximate surface area is 169 Å². The lowest BCUT2D eigenvalue weighted by Crippen LogP contribution is -2.25. The first kappa shape index (κ1) is 17.8. The van der Waals surface area contributed by atoms with Crippen molar-refractivity contribution < 1.29 is 9.47 Å². The van der Waals surface area contributed by atoms with Gasteiger partial charge >= 0.3 is 0 Å². The van der Waals surface area contributed by atoms with Crippen molar-refractivity contribution >= 4 is 10.9 Å². The van der Waals surface area contributed by atoms with Gasteiger partial charge in [0.2, 0.25) is 0 Å². The van der Waals surface area contributed by atoms with Crippen molar-refractivity contribution in [1.82, 2.24) is 14.9 Å². The van der Waals surface area contributed by atoms with Gasteiger partial charge in [-0.2, -0.15) is 0 Å². The lowest BCUT2D eigenvalue weighted by atomic mass is 10.0. The highest BCUT2D eigenvalue weighted by Crippen LogP contribution is 2.40.